The molecule has 0 bridgehead atoms. The van der Waals surface area contributed by atoms with Crippen molar-refractivity contribution in [2.45, 2.75) is 58.2 Å². The van der Waals surface area contributed by atoms with Gasteiger partial charge >= 0.3 is 6.09 Å². The monoisotopic (exact) mass is 673 g/mol. The molecule has 2 atom stereocenters. The smallest absolute Gasteiger partial charge is 0.416 e. The number of methoxy groups -OCH3 is 1. The normalized spacial score (nSPS) is 18.3. The van der Waals surface area contributed by atoms with Gasteiger partial charge in [-0.2, -0.15) is 0 Å². The number of aliphatic hydroxyl groups excluding tert-OH is 1. The summed E-state index contributed by atoms with van der Waals surface area (Å²) < 4.78 is 16.1. The van der Waals surface area contributed by atoms with Gasteiger partial charge in [0.15, 0.2) is 18.6 Å². The van der Waals surface area contributed by atoms with E-state index in [-0.39, 0.29) is 68.4 Å². The molecule has 3 heterocycles. The number of fused-ring (bicyclic) bond motifs is 2. The summed E-state index contributed by atoms with van der Waals surface area (Å²) in [6.45, 7) is 3.42. The fraction of sp³-hybridized carbons (Fsp3) is 0.389. The minimum absolute atomic E-state index is 0.0354. The van der Waals surface area contributed by atoms with E-state index in [4.69, 9.17) is 14.2 Å². The van der Waals surface area contributed by atoms with Crippen molar-refractivity contribution in [3.63, 3.8) is 0 Å². The highest BCUT2D eigenvalue weighted by Gasteiger charge is 2.45. The highest BCUT2D eigenvalue weighted by atomic mass is 16.6. The van der Waals surface area contributed by atoms with Crippen LogP contribution in [0, 0.1) is 13.8 Å². The number of carbonyl (C=O) groups is 6. The van der Waals surface area contributed by atoms with Gasteiger partial charge in [0.1, 0.15) is 11.5 Å². The number of hydrogen-bond acceptors (Lipinski definition) is 10. The first kappa shape index (κ1) is 35.2. The van der Waals surface area contributed by atoms with E-state index in [0.717, 1.165) is 32.1 Å². The zero-order valence-electron chi connectivity index (χ0n) is 27.7. The second kappa shape index (κ2) is 15.4. The molecule has 0 spiro atoms. The highest BCUT2D eigenvalue weighted by molar-refractivity contribution is 6.13. The van der Waals surface area contributed by atoms with Crippen LogP contribution in [-0.4, -0.2) is 96.0 Å². The summed E-state index contributed by atoms with van der Waals surface area (Å²) in [5, 5.41) is 11.6. The van der Waals surface area contributed by atoms with Gasteiger partial charge in [0.25, 0.3) is 17.7 Å². The number of amides is 4. The van der Waals surface area contributed by atoms with Gasteiger partial charge in [-0.05, 0) is 73.2 Å². The van der Waals surface area contributed by atoms with Gasteiger partial charge in [-0.1, -0.05) is 12.1 Å². The number of anilines is 1. The largest absolute Gasteiger partial charge is 0.497 e. The molecule has 2 aromatic rings. The SMILES string of the molecule is COc1ccc(C2=CN3C(=O)c4cc(C)c(C)cc4N(C(=O)OCC(=O)CCOCCCC(=O)CCN4C(=O)C=CC4=O)[C@@H](O)[C@@H]3C2)cc1. The molecular weight excluding hydrogens is 634 g/mol. The zero-order chi connectivity index (χ0) is 35.2. The molecule has 3 aliphatic rings. The van der Waals surface area contributed by atoms with Crippen LogP contribution < -0.4 is 9.64 Å². The molecule has 258 valence electrons. The Bertz CT molecular complexity index is 1700. The summed E-state index contributed by atoms with van der Waals surface area (Å²) in [6, 6.07) is 9.87. The van der Waals surface area contributed by atoms with Crippen molar-refractivity contribution in [2.24, 2.45) is 0 Å². The van der Waals surface area contributed by atoms with Crippen LogP contribution in [0.4, 0.5) is 10.5 Å². The molecule has 13 heteroatoms. The maximum atomic E-state index is 13.8. The molecule has 0 aromatic heterocycles. The van der Waals surface area contributed by atoms with E-state index in [1.165, 1.54) is 17.1 Å². The maximum Gasteiger partial charge on any atom is 0.416 e. The van der Waals surface area contributed by atoms with Crippen molar-refractivity contribution in [3.05, 3.63) is 77.0 Å². The molecule has 0 saturated carbocycles. The van der Waals surface area contributed by atoms with Crippen LogP contribution in [0.15, 0.2) is 54.8 Å². The number of rotatable bonds is 14. The van der Waals surface area contributed by atoms with Crippen molar-refractivity contribution >= 4 is 46.6 Å². The van der Waals surface area contributed by atoms with Crippen LogP contribution in [0.5, 0.6) is 5.75 Å². The predicted octanol–water partition coefficient (Wildman–Crippen LogP) is 3.48. The van der Waals surface area contributed by atoms with Gasteiger partial charge in [-0.25, -0.2) is 9.69 Å². The quantitative estimate of drug-likeness (QED) is 0.232. The zero-order valence-corrected chi connectivity index (χ0v) is 27.7. The molecule has 1 N–H and O–H groups in total. The number of ketones is 2. The molecular formula is C36H39N3O10. The number of aliphatic hydroxyl groups is 1. The van der Waals surface area contributed by atoms with Crippen LogP contribution in [0.2, 0.25) is 0 Å². The minimum Gasteiger partial charge on any atom is -0.497 e. The average Bonchev–Trinajstić information content (AvgIpc) is 3.66. The van der Waals surface area contributed by atoms with Gasteiger partial charge in [-0.15, -0.1) is 0 Å². The van der Waals surface area contributed by atoms with Crippen molar-refractivity contribution in [1.82, 2.24) is 9.80 Å². The number of ether oxygens (including phenoxy) is 3. The Balaban J connectivity index is 1.14. The molecule has 49 heavy (non-hydrogen) atoms. The fourth-order valence-electron chi connectivity index (χ4n) is 5.88. The molecule has 4 amide bonds. The Morgan fingerprint density at radius 1 is 0.898 bits per heavy atom. The third-order valence-corrected chi connectivity index (χ3v) is 8.82. The molecule has 0 fully saturated rings. The molecule has 2 aromatic carbocycles. The standard InChI is InChI=1S/C36H39N3O10/c1-22-17-29-30(18-23(22)2)39(35(45)31-19-25(20-38(31)34(29)44)24-6-8-28(47-3)9-7-24)36(46)49-21-27(41)13-16-48-15-4-5-26(40)12-14-37-32(42)10-11-33(37)43/h6-11,17-18,20,31,35,45H,4-5,12-16,19,21H2,1-3H3/t31-,35-/m0/s1. The molecule has 0 radical (unpaired) electrons. The van der Waals surface area contributed by atoms with Gasteiger partial charge < -0.3 is 24.2 Å². The van der Waals surface area contributed by atoms with Gasteiger partial charge in [0.2, 0.25) is 0 Å². The number of hydrogen-bond donors (Lipinski definition) is 1. The van der Waals surface area contributed by atoms with E-state index in [9.17, 15) is 33.9 Å². The Morgan fingerprint density at radius 2 is 1.59 bits per heavy atom. The van der Waals surface area contributed by atoms with Crippen LogP contribution in [0.3, 0.4) is 0 Å². The first-order valence-corrected chi connectivity index (χ1v) is 16.1. The van der Waals surface area contributed by atoms with Crippen molar-refractivity contribution in [1.29, 1.82) is 0 Å². The Morgan fingerprint density at radius 3 is 2.29 bits per heavy atom. The molecule has 13 nitrogen and oxygen atoms in total. The maximum absolute atomic E-state index is 13.8. The van der Waals surface area contributed by atoms with Crippen LogP contribution in [0.25, 0.3) is 5.57 Å². The molecule has 0 unspecified atom stereocenters. The van der Waals surface area contributed by atoms with E-state index < -0.39 is 42.6 Å². The molecule has 0 aliphatic carbocycles. The lowest BCUT2D eigenvalue weighted by Gasteiger charge is -2.31. The Labute approximate surface area is 283 Å². The lowest BCUT2D eigenvalue weighted by atomic mass is 10.0. The minimum atomic E-state index is -1.47. The Hall–Kier alpha value is -5.14. The number of benzene rings is 2. The van der Waals surface area contributed by atoms with Crippen LogP contribution in [-0.2, 0) is 28.7 Å². The van der Waals surface area contributed by atoms with Crippen LogP contribution >= 0.6 is 0 Å². The van der Waals surface area contributed by atoms with Crippen LogP contribution in [0.1, 0.15) is 59.2 Å². The molecule has 0 saturated heterocycles. The summed E-state index contributed by atoms with van der Waals surface area (Å²) in [5.41, 5.74) is 3.69. The summed E-state index contributed by atoms with van der Waals surface area (Å²) in [5.74, 6) is -1.08. The summed E-state index contributed by atoms with van der Waals surface area (Å²) >= 11 is 0. The topological polar surface area (TPSA) is 160 Å². The number of nitrogens with zero attached hydrogens (tertiary/aromatic N) is 3. The molecule has 5 rings (SSSR count). The predicted molar refractivity (Wildman–Crippen MR) is 176 cm³/mol. The van der Waals surface area contributed by atoms with Crippen molar-refractivity contribution < 1.29 is 48.1 Å². The second-order valence-corrected chi connectivity index (χ2v) is 12.1. The summed E-state index contributed by atoms with van der Waals surface area (Å²) in [4.78, 5) is 78.7. The van der Waals surface area contributed by atoms with E-state index in [2.05, 4.69) is 0 Å². The molecule has 3 aliphatic heterocycles. The average molecular weight is 674 g/mol. The van der Waals surface area contributed by atoms with E-state index in [1.54, 1.807) is 37.6 Å². The first-order valence-electron chi connectivity index (χ1n) is 16.1. The first-order chi connectivity index (χ1) is 23.5. The van der Waals surface area contributed by atoms with E-state index in [1.807, 2.05) is 26.0 Å². The van der Waals surface area contributed by atoms with Gasteiger partial charge in [0.05, 0.1) is 31.0 Å². The number of imide groups is 1. The third-order valence-electron chi connectivity index (χ3n) is 8.82. The van der Waals surface area contributed by atoms with Crippen molar-refractivity contribution in [2.75, 3.05) is 38.4 Å². The van der Waals surface area contributed by atoms with Gasteiger partial charge in [0, 0.05) is 50.8 Å². The van der Waals surface area contributed by atoms with E-state index >= 15 is 0 Å². The number of Topliss-reactive ketones (excluding diaryl/α,β-unsaturated/α-hetero) is 2. The Kier molecular flexibility index (Phi) is 11.0. The van der Waals surface area contributed by atoms with Crippen molar-refractivity contribution in [3.8, 4) is 5.75 Å². The lowest BCUT2D eigenvalue weighted by Crippen LogP contribution is -2.50. The highest BCUT2D eigenvalue weighted by Crippen LogP contribution is 2.40. The number of carbonyl (C=O) groups excluding carboxylic acids is 6. The van der Waals surface area contributed by atoms with E-state index in [0.29, 0.717) is 12.2 Å². The van der Waals surface area contributed by atoms with Gasteiger partial charge in [-0.3, -0.25) is 28.9 Å². The summed E-state index contributed by atoms with van der Waals surface area (Å²) in [7, 11) is 1.57. The lowest BCUT2D eigenvalue weighted by molar-refractivity contribution is -0.137. The second-order valence-electron chi connectivity index (χ2n) is 12.1. The third kappa shape index (κ3) is 7.95. The number of aryl methyl sites for hydroxylation is 2. The fourth-order valence-corrected chi connectivity index (χ4v) is 5.88. The summed E-state index contributed by atoms with van der Waals surface area (Å²) in [6.07, 6.45) is 2.49.